The maximum absolute atomic E-state index is 11.2. The first-order valence-corrected chi connectivity index (χ1v) is 8.29. The molecule has 0 saturated heterocycles. The highest BCUT2D eigenvalue weighted by Gasteiger charge is 2.05. The highest BCUT2D eigenvalue weighted by atomic mass is 32.2. The molecule has 104 valence electrons. The molecule has 0 aromatic heterocycles. The lowest BCUT2D eigenvalue weighted by Crippen LogP contribution is -2.21. The maximum Gasteiger partial charge on any atom is 0.150 e. The van der Waals surface area contributed by atoms with Gasteiger partial charge in [-0.2, -0.15) is 0 Å². The Labute approximate surface area is 106 Å². The Balaban J connectivity index is 3.19. The van der Waals surface area contributed by atoms with Crippen molar-refractivity contribution < 1.29 is 13.2 Å². The van der Waals surface area contributed by atoms with Crippen LogP contribution < -0.4 is 5.32 Å². The molecule has 0 radical (unpaired) electrons. The highest BCUT2D eigenvalue weighted by molar-refractivity contribution is 7.91. The van der Waals surface area contributed by atoms with Crippen LogP contribution in [0, 0.1) is 5.92 Å². The zero-order valence-corrected chi connectivity index (χ0v) is 12.2. The van der Waals surface area contributed by atoms with E-state index < -0.39 is 9.84 Å². The van der Waals surface area contributed by atoms with E-state index in [2.05, 4.69) is 19.2 Å². The lowest BCUT2D eigenvalue weighted by atomic mass is 10.2. The van der Waals surface area contributed by atoms with Crippen molar-refractivity contribution in [2.75, 3.05) is 37.8 Å². The molecule has 0 unspecified atom stereocenters. The molecule has 0 heterocycles. The van der Waals surface area contributed by atoms with Crippen LogP contribution in [0.1, 0.15) is 33.6 Å². The summed E-state index contributed by atoms with van der Waals surface area (Å²) in [6.45, 7) is 9.20. The Morgan fingerprint density at radius 3 is 2.41 bits per heavy atom. The minimum atomic E-state index is -2.80. The van der Waals surface area contributed by atoms with E-state index in [0.717, 1.165) is 32.7 Å². The van der Waals surface area contributed by atoms with E-state index in [4.69, 9.17) is 4.74 Å². The van der Waals surface area contributed by atoms with Gasteiger partial charge >= 0.3 is 0 Å². The van der Waals surface area contributed by atoms with Gasteiger partial charge in [0.05, 0.1) is 5.75 Å². The summed E-state index contributed by atoms with van der Waals surface area (Å²) in [5.74, 6) is 1.12. The van der Waals surface area contributed by atoms with Crippen LogP contribution in [0.2, 0.25) is 0 Å². The summed E-state index contributed by atoms with van der Waals surface area (Å²) in [6.07, 6.45) is 1.68. The Morgan fingerprint density at radius 1 is 1.18 bits per heavy atom. The third-order valence-corrected chi connectivity index (χ3v) is 4.13. The molecule has 0 aliphatic rings. The molecule has 0 aromatic carbocycles. The van der Waals surface area contributed by atoms with Crippen LogP contribution in [-0.2, 0) is 14.6 Å². The van der Waals surface area contributed by atoms with Crippen molar-refractivity contribution in [1.29, 1.82) is 0 Å². The van der Waals surface area contributed by atoms with Crippen molar-refractivity contribution in [3.05, 3.63) is 0 Å². The maximum atomic E-state index is 11.2. The topological polar surface area (TPSA) is 55.4 Å². The van der Waals surface area contributed by atoms with E-state index >= 15 is 0 Å². The molecule has 5 heteroatoms. The first-order valence-electron chi connectivity index (χ1n) is 6.47. The molecule has 0 aliphatic carbocycles. The molecule has 0 aromatic rings. The molecule has 0 atom stereocenters. The van der Waals surface area contributed by atoms with Crippen LogP contribution in [0.15, 0.2) is 0 Å². The zero-order valence-electron chi connectivity index (χ0n) is 11.4. The van der Waals surface area contributed by atoms with Gasteiger partial charge in [0.15, 0.2) is 0 Å². The van der Waals surface area contributed by atoms with E-state index in [1.807, 2.05) is 0 Å². The SMILES string of the molecule is CCS(=O)(=O)CCCNCCCOCC(C)C. The van der Waals surface area contributed by atoms with E-state index in [9.17, 15) is 8.42 Å². The third kappa shape index (κ3) is 12.1. The molecule has 0 saturated carbocycles. The summed E-state index contributed by atoms with van der Waals surface area (Å²) in [7, 11) is -2.80. The molecule has 17 heavy (non-hydrogen) atoms. The normalized spacial score (nSPS) is 12.2. The fourth-order valence-corrected chi connectivity index (χ4v) is 2.18. The van der Waals surface area contributed by atoms with Crippen molar-refractivity contribution in [1.82, 2.24) is 5.32 Å². The molecular formula is C12H27NO3S. The van der Waals surface area contributed by atoms with E-state index in [1.165, 1.54) is 0 Å². The van der Waals surface area contributed by atoms with Crippen LogP contribution >= 0.6 is 0 Å². The Morgan fingerprint density at radius 2 is 1.82 bits per heavy atom. The first-order chi connectivity index (χ1) is 7.98. The van der Waals surface area contributed by atoms with Crippen molar-refractivity contribution in [2.24, 2.45) is 5.92 Å². The molecular weight excluding hydrogens is 238 g/mol. The van der Waals surface area contributed by atoms with Crippen molar-refractivity contribution in [2.45, 2.75) is 33.6 Å². The second-order valence-corrected chi connectivity index (χ2v) is 7.13. The average Bonchev–Trinajstić information content (AvgIpc) is 2.26. The Hall–Kier alpha value is -0.130. The van der Waals surface area contributed by atoms with E-state index in [1.54, 1.807) is 6.92 Å². The standard InChI is InChI=1S/C12H27NO3S/c1-4-17(14,15)10-6-8-13-7-5-9-16-11-12(2)3/h12-13H,4-11H2,1-3H3. The fourth-order valence-electron chi connectivity index (χ4n) is 1.30. The van der Waals surface area contributed by atoms with Gasteiger partial charge in [0.2, 0.25) is 0 Å². The number of rotatable bonds is 11. The second-order valence-electron chi connectivity index (χ2n) is 4.66. The van der Waals surface area contributed by atoms with E-state index in [0.29, 0.717) is 18.1 Å². The van der Waals surface area contributed by atoms with Crippen LogP contribution in [0.5, 0.6) is 0 Å². The van der Waals surface area contributed by atoms with Gasteiger partial charge in [0.25, 0.3) is 0 Å². The van der Waals surface area contributed by atoms with Gasteiger partial charge < -0.3 is 10.1 Å². The number of sulfone groups is 1. The van der Waals surface area contributed by atoms with Gasteiger partial charge in [-0.25, -0.2) is 8.42 Å². The van der Waals surface area contributed by atoms with Gasteiger partial charge in [0.1, 0.15) is 9.84 Å². The molecule has 0 fully saturated rings. The minimum Gasteiger partial charge on any atom is -0.381 e. The molecule has 0 spiro atoms. The zero-order chi connectivity index (χ0) is 13.1. The quantitative estimate of drug-likeness (QED) is 0.575. The lowest BCUT2D eigenvalue weighted by Gasteiger charge is -2.07. The summed E-state index contributed by atoms with van der Waals surface area (Å²) < 4.78 is 27.8. The Kier molecular flexibility index (Phi) is 9.78. The minimum absolute atomic E-state index is 0.246. The first kappa shape index (κ1) is 16.9. The molecule has 0 bridgehead atoms. The Bertz CT molecular complexity index is 263. The molecule has 4 nitrogen and oxygen atoms in total. The largest absolute Gasteiger partial charge is 0.381 e. The predicted octanol–water partition coefficient (Wildman–Crippen LogP) is 1.46. The molecule has 1 N–H and O–H groups in total. The molecule has 0 aliphatic heterocycles. The van der Waals surface area contributed by atoms with Gasteiger partial charge in [0, 0.05) is 19.0 Å². The predicted molar refractivity (Wildman–Crippen MR) is 72.1 cm³/mol. The van der Waals surface area contributed by atoms with Crippen molar-refractivity contribution in [3.8, 4) is 0 Å². The third-order valence-electron chi connectivity index (χ3n) is 2.34. The van der Waals surface area contributed by atoms with Gasteiger partial charge in [-0.05, 0) is 31.8 Å². The summed E-state index contributed by atoms with van der Waals surface area (Å²) in [5, 5.41) is 3.23. The summed E-state index contributed by atoms with van der Waals surface area (Å²) in [4.78, 5) is 0. The van der Waals surface area contributed by atoms with Gasteiger partial charge in [-0.15, -0.1) is 0 Å². The van der Waals surface area contributed by atoms with E-state index in [-0.39, 0.29) is 5.75 Å². The molecule has 0 amide bonds. The average molecular weight is 265 g/mol. The van der Waals surface area contributed by atoms with Crippen LogP contribution in [0.3, 0.4) is 0 Å². The van der Waals surface area contributed by atoms with Crippen LogP contribution in [-0.4, -0.2) is 46.2 Å². The van der Waals surface area contributed by atoms with Crippen LogP contribution in [0.25, 0.3) is 0 Å². The number of hydrogen-bond donors (Lipinski definition) is 1. The summed E-state index contributed by atoms with van der Waals surface area (Å²) >= 11 is 0. The number of hydrogen-bond acceptors (Lipinski definition) is 4. The summed E-state index contributed by atoms with van der Waals surface area (Å²) in [5.41, 5.74) is 0. The second kappa shape index (κ2) is 9.85. The lowest BCUT2D eigenvalue weighted by molar-refractivity contribution is 0.108. The van der Waals surface area contributed by atoms with Gasteiger partial charge in [-0.1, -0.05) is 20.8 Å². The summed E-state index contributed by atoms with van der Waals surface area (Å²) in [6, 6.07) is 0. The number of ether oxygens (including phenoxy) is 1. The molecule has 0 rings (SSSR count). The van der Waals surface area contributed by atoms with Crippen molar-refractivity contribution in [3.63, 3.8) is 0 Å². The fraction of sp³-hybridized carbons (Fsp3) is 1.00. The number of nitrogens with one attached hydrogen (secondary N) is 1. The highest BCUT2D eigenvalue weighted by Crippen LogP contribution is 1.94. The monoisotopic (exact) mass is 265 g/mol. The smallest absolute Gasteiger partial charge is 0.150 e. The van der Waals surface area contributed by atoms with Crippen molar-refractivity contribution >= 4 is 9.84 Å². The van der Waals surface area contributed by atoms with Gasteiger partial charge in [-0.3, -0.25) is 0 Å². The van der Waals surface area contributed by atoms with Crippen LogP contribution in [0.4, 0.5) is 0 Å².